The third-order valence-corrected chi connectivity index (χ3v) is 1.51. The number of hydrogen-bond acceptors (Lipinski definition) is 3. The summed E-state index contributed by atoms with van der Waals surface area (Å²) < 4.78 is 0. The Hall–Kier alpha value is -0.160. The summed E-state index contributed by atoms with van der Waals surface area (Å²) >= 11 is 0. The summed E-state index contributed by atoms with van der Waals surface area (Å²) in [5.41, 5.74) is 0. The molecule has 0 rings (SSSR count). The maximum absolute atomic E-state index is 8.99. The van der Waals surface area contributed by atoms with E-state index in [1.165, 1.54) is 0 Å². The van der Waals surface area contributed by atoms with Crippen LogP contribution in [-0.2, 0) is 0 Å². The Labute approximate surface area is 67.1 Å². The van der Waals surface area contributed by atoms with Gasteiger partial charge in [0.1, 0.15) is 25.7 Å². The Morgan fingerprint density at radius 1 is 1.18 bits per heavy atom. The van der Waals surface area contributed by atoms with Crippen molar-refractivity contribution in [2.45, 2.75) is 13.0 Å². The molecule has 0 amide bonds. The second-order valence-electron chi connectivity index (χ2n) is 2.75. The molecule has 68 valence electrons. The van der Waals surface area contributed by atoms with E-state index in [0.717, 1.165) is 4.90 Å². The molecular formula is C7H18NO3+. The lowest BCUT2D eigenvalue weighted by molar-refractivity contribution is -0.903. The van der Waals surface area contributed by atoms with E-state index in [4.69, 9.17) is 15.3 Å². The van der Waals surface area contributed by atoms with Crippen LogP contribution in [0.2, 0.25) is 0 Å². The topological polar surface area (TPSA) is 65.1 Å². The van der Waals surface area contributed by atoms with Gasteiger partial charge in [-0.15, -0.1) is 0 Å². The Bertz CT molecular complexity index is 81.8. The van der Waals surface area contributed by atoms with Crippen molar-refractivity contribution >= 4 is 0 Å². The van der Waals surface area contributed by atoms with Crippen LogP contribution in [0.4, 0.5) is 0 Å². The van der Waals surface area contributed by atoms with Crippen LogP contribution in [0, 0.1) is 0 Å². The van der Waals surface area contributed by atoms with E-state index in [1.807, 2.05) is 0 Å². The maximum atomic E-state index is 8.99. The number of nitrogens with one attached hydrogen (secondary N) is 1. The lowest BCUT2D eigenvalue weighted by Crippen LogP contribution is -3.14. The fourth-order valence-corrected chi connectivity index (χ4v) is 1.06. The highest BCUT2D eigenvalue weighted by molar-refractivity contribution is 4.40. The lowest BCUT2D eigenvalue weighted by Gasteiger charge is -2.18. The van der Waals surface area contributed by atoms with Gasteiger partial charge in [-0.05, 0) is 6.92 Å². The first-order chi connectivity index (χ1) is 5.20. The first kappa shape index (κ1) is 10.8. The molecule has 0 aromatic rings. The molecule has 4 N–H and O–H groups in total. The lowest BCUT2D eigenvalue weighted by atomic mass is 10.3. The van der Waals surface area contributed by atoms with Crippen molar-refractivity contribution < 1.29 is 20.2 Å². The van der Waals surface area contributed by atoms with Crippen molar-refractivity contribution in [3.05, 3.63) is 0 Å². The van der Waals surface area contributed by atoms with Crippen LogP contribution >= 0.6 is 0 Å². The predicted molar refractivity (Wildman–Crippen MR) is 41.4 cm³/mol. The van der Waals surface area contributed by atoms with Gasteiger partial charge in [0, 0.05) is 0 Å². The molecule has 1 atom stereocenters. The van der Waals surface area contributed by atoms with E-state index in [-0.39, 0.29) is 19.3 Å². The van der Waals surface area contributed by atoms with Crippen LogP contribution in [0.1, 0.15) is 6.92 Å². The van der Waals surface area contributed by atoms with E-state index in [1.54, 1.807) is 6.92 Å². The summed E-state index contributed by atoms with van der Waals surface area (Å²) in [7, 11) is 0. The molecule has 4 nitrogen and oxygen atoms in total. The van der Waals surface area contributed by atoms with Gasteiger partial charge in [0.05, 0.1) is 13.2 Å². The molecule has 0 fully saturated rings. The molecule has 0 radical (unpaired) electrons. The summed E-state index contributed by atoms with van der Waals surface area (Å²) in [6.45, 7) is 3.66. The molecule has 4 heteroatoms. The number of aliphatic hydroxyl groups is 3. The Morgan fingerprint density at radius 3 is 1.91 bits per heavy atom. The quantitative estimate of drug-likeness (QED) is 0.344. The third kappa shape index (κ3) is 6.25. The third-order valence-electron chi connectivity index (χ3n) is 1.51. The van der Waals surface area contributed by atoms with Gasteiger partial charge in [-0.2, -0.15) is 0 Å². The average molecular weight is 164 g/mol. The van der Waals surface area contributed by atoms with Crippen LogP contribution in [-0.4, -0.2) is 54.3 Å². The van der Waals surface area contributed by atoms with Crippen molar-refractivity contribution in [3.8, 4) is 0 Å². The van der Waals surface area contributed by atoms with Crippen LogP contribution in [0.15, 0.2) is 0 Å². The first-order valence-corrected chi connectivity index (χ1v) is 3.94. The normalized spacial score (nSPS) is 13.9. The summed E-state index contributed by atoms with van der Waals surface area (Å²) in [5, 5.41) is 26.2. The van der Waals surface area contributed by atoms with Gasteiger partial charge in [0.2, 0.25) is 0 Å². The summed E-state index contributed by atoms with van der Waals surface area (Å²) in [6, 6.07) is 0. The highest BCUT2D eigenvalue weighted by Crippen LogP contribution is 1.69. The van der Waals surface area contributed by atoms with Crippen LogP contribution < -0.4 is 4.90 Å². The molecule has 0 aliphatic heterocycles. The molecule has 0 aliphatic carbocycles. The van der Waals surface area contributed by atoms with Gasteiger partial charge in [-0.1, -0.05) is 0 Å². The zero-order valence-electron chi connectivity index (χ0n) is 6.95. The molecule has 0 aromatic heterocycles. The van der Waals surface area contributed by atoms with Gasteiger partial charge in [-0.3, -0.25) is 0 Å². The van der Waals surface area contributed by atoms with E-state index in [9.17, 15) is 0 Å². The fourth-order valence-electron chi connectivity index (χ4n) is 1.06. The molecule has 0 heterocycles. The highest BCUT2D eigenvalue weighted by Gasteiger charge is 2.09. The summed E-state index contributed by atoms with van der Waals surface area (Å²) in [5.74, 6) is 0. The van der Waals surface area contributed by atoms with Crippen molar-refractivity contribution in [1.82, 2.24) is 0 Å². The molecule has 0 spiro atoms. The first-order valence-electron chi connectivity index (χ1n) is 3.94. The van der Waals surface area contributed by atoms with E-state index in [0.29, 0.717) is 19.6 Å². The molecular weight excluding hydrogens is 146 g/mol. The summed E-state index contributed by atoms with van der Waals surface area (Å²) in [6.07, 6.45) is -0.372. The predicted octanol–water partition coefficient (Wildman–Crippen LogP) is -2.76. The molecule has 11 heavy (non-hydrogen) atoms. The monoisotopic (exact) mass is 164 g/mol. The Morgan fingerprint density at radius 2 is 1.64 bits per heavy atom. The Balaban J connectivity index is 3.50. The van der Waals surface area contributed by atoms with Crippen molar-refractivity contribution in [3.63, 3.8) is 0 Å². The Kier molecular flexibility index (Phi) is 6.45. The molecule has 0 aromatic carbocycles. The minimum atomic E-state index is -0.372. The van der Waals surface area contributed by atoms with Gasteiger partial charge < -0.3 is 20.2 Å². The highest BCUT2D eigenvalue weighted by atomic mass is 16.3. The molecule has 0 unspecified atom stereocenters. The number of hydrogen-bond donors (Lipinski definition) is 4. The number of quaternary nitrogens is 1. The second kappa shape index (κ2) is 6.54. The van der Waals surface area contributed by atoms with Gasteiger partial charge in [0.15, 0.2) is 0 Å². The zero-order chi connectivity index (χ0) is 8.69. The van der Waals surface area contributed by atoms with Crippen LogP contribution in [0.5, 0.6) is 0 Å². The van der Waals surface area contributed by atoms with Crippen LogP contribution in [0.3, 0.4) is 0 Å². The summed E-state index contributed by atoms with van der Waals surface area (Å²) in [4.78, 5) is 1.03. The largest absolute Gasteiger partial charge is 0.391 e. The van der Waals surface area contributed by atoms with Gasteiger partial charge in [-0.25, -0.2) is 0 Å². The van der Waals surface area contributed by atoms with Crippen molar-refractivity contribution in [2.24, 2.45) is 0 Å². The minimum Gasteiger partial charge on any atom is -0.391 e. The zero-order valence-corrected chi connectivity index (χ0v) is 6.95. The van der Waals surface area contributed by atoms with Crippen molar-refractivity contribution in [2.75, 3.05) is 32.8 Å². The molecule has 0 saturated carbocycles. The van der Waals surface area contributed by atoms with Gasteiger partial charge in [0.25, 0.3) is 0 Å². The molecule has 0 aliphatic rings. The SMILES string of the molecule is C[C@H](O)C[NH+](CCO)CCO. The standard InChI is InChI=1S/C7H17NO3/c1-7(11)6-8(2-4-9)3-5-10/h7,9-11H,2-6H2,1H3/p+1/t7-/m0/s1. The average Bonchev–Trinajstić information content (AvgIpc) is 1.87. The van der Waals surface area contributed by atoms with E-state index in [2.05, 4.69) is 0 Å². The van der Waals surface area contributed by atoms with Crippen molar-refractivity contribution in [1.29, 1.82) is 0 Å². The second-order valence-corrected chi connectivity index (χ2v) is 2.75. The van der Waals surface area contributed by atoms with Crippen LogP contribution in [0.25, 0.3) is 0 Å². The molecule has 0 saturated heterocycles. The number of rotatable bonds is 6. The fraction of sp³-hybridized carbons (Fsp3) is 1.00. The maximum Gasteiger partial charge on any atom is 0.103 e. The number of aliphatic hydroxyl groups excluding tert-OH is 3. The minimum absolute atomic E-state index is 0.0993. The smallest absolute Gasteiger partial charge is 0.103 e. The van der Waals surface area contributed by atoms with E-state index >= 15 is 0 Å². The van der Waals surface area contributed by atoms with Gasteiger partial charge >= 0.3 is 0 Å². The van der Waals surface area contributed by atoms with E-state index < -0.39 is 0 Å². The molecule has 0 bridgehead atoms.